The molecule has 19 heavy (non-hydrogen) atoms. The third-order valence-corrected chi connectivity index (χ3v) is 3.38. The largest absolute Gasteiger partial charge is 0.365 e. The third kappa shape index (κ3) is 2.60. The Bertz CT molecular complexity index is 557. The van der Waals surface area contributed by atoms with Gasteiger partial charge in [0, 0.05) is 5.70 Å². The van der Waals surface area contributed by atoms with Crippen molar-refractivity contribution in [3.05, 3.63) is 65.9 Å². The molecule has 2 unspecified atom stereocenters. The number of carbonyl (C=O) groups excluding carboxylic acids is 1. The van der Waals surface area contributed by atoms with E-state index in [1.54, 1.807) is 0 Å². The minimum absolute atomic E-state index is 0.0497. The molecule has 3 heteroatoms. The van der Waals surface area contributed by atoms with Crippen LogP contribution in [-0.4, -0.2) is 12.1 Å². The number of nitrogens with one attached hydrogen (secondary N) is 2. The lowest BCUT2D eigenvalue weighted by molar-refractivity contribution is -0.125. The Hall–Kier alpha value is -2.29. The summed E-state index contributed by atoms with van der Waals surface area (Å²) in [6.45, 7) is 0. The first-order chi connectivity index (χ1) is 9.33. The van der Waals surface area contributed by atoms with Gasteiger partial charge in [0.1, 0.15) is 6.17 Å². The van der Waals surface area contributed by atoms with Gasteiger partial charge in [0.2, 0.25) is 5.91 Å². The quantitative estimate of drug-likeness (QED) is 0.847. The molecule has 1 fully saturated rings. The Balaban J connectivity index is 1.73. The number of hydrogen-bond acceptors (Lipinski definition) is 2. The zero-order valence-corrected chi connectivity index (χ0v) is 10.5. The van der Waals surface area contributed by atoms with Crippen molar-refractivity contribution >= 4 is 12.0 Å². The van der Waals surface area contributed by atoms with Crippen molar-refractivity contribution in [2.75, 3.05) is 0 Å². The van der Waals surface area contributed by atoms with Gasteiger partial charge in [-0.3, -0.25) is 4.79 Å². The molecular formula is C16H16N2O. The Morgan fingerprint density at radius 1 is 1.16 bits per heavy atom. The van der Waals surface area contributed by atoms with Crippen LogP contribution in [0.4, 0.5) is 0 Å². The van der Waals surface area contributed by atoms with Crippen LogP contribution in [0.1, 0.15) is 12.0 Å². The fourth-order valence-electron chi connectivity index (χ4n) is 2.36. The van der Waals surface area contributed by atoms with Crippen LogP contribution in [0.15, 0.2) is 60.3 Å². The van der Waals surface area contributed by atoms with Crippen molar-refractivity contribution in [3.8, 4) is 0 Å². The van der Waals surface area contributed by atoms with Crippen molar-refractivity contribution in [3.63, 3.8) is 0 Å². The van der Waals surface area contributed by atoms with Crippen molar-refractivity contribution in [1.82, 2.24) is 10.6 Å². The van der Waals surface area contributed by atoms with Crippen LogP contribution >= 0.6 is 0 Å². The van der Waals surface area contributed by atoms with E-state index in [2.05, 4.69) is 10.6 Å². The average molecular weight is 252 g/mol. The summed E-state index contributed by atoms with van der Waals surface area (Å²) in [6.07, 6.45) is 10.6. The Kier molecular flexibility index (Phi) is 3.19. The molecule has 2 N–H and O–H groups in total. The number of allylic oxidation sites excluding steroid dienone is 3. The van der Waals surface area contributed by atoms with Gasteiger partial charge in [-0.2, -0.15) is 0 Å². The van der Waals surface area contributed by atoms with Crippen molar-refractivity contribution in [2.24, 2.45) is 5.92 Å². The van der Waals surface area contributed by atoms with Crippen LogP contribution < -0.4 is 10.6 Å². The number of carbonyl (C=O) groups is 1. The molecule has 1 amide bonds. The highest BCUT2D eigenvalue weighted by atomic mass is 16.2. The molecule has 0 aromatic heterocycles. The maximum atomic E-state index is 12.0. The van der Waals surface area contributed by atoms with Gasteiger partial charge < -0.3 is 10.6 Å². The second-order valence-electron chi connectivity index (χ2n) is 4.74. The summed E-state index contributed by atoms with van der Waals surface area (Å²) in [5.41, 5.74) is 2.13. The molecule has 1 aromatic rings. The summed E-state index contributed by atoms with van der Waals surface area (Å²) in [4.78, 5) is 12.0. The van der Waals surface area contributed by atoms with E-state index in [1.165, 1.54) is 0 Å². The molecule has 1 aliphatic carbocycles. The summed E-state index contributed by atoms with van der Waals surface area (Å²) in [5, 5.41) is 6.32. The number of rotatable bonds is 2. The summed E-state index contributed by atoms with van der Waals surface area (Å²) in [6, 6.07) is 10.1. The van der Waals surface area contributed by atoms with Gasteiger partial charge in [0.15, 0.2) is 0 Å². The molecule has 2 aliphatic rings. The summed E-state index contributed by atoms with van der Waals surface area (Å²) < 4.78 is 0. The molecule has 3 rings (SSSR count). The first-order valence-corrected chi connectivity index (χ1v) is 6.50. The molecule has 0 radical (unpaired) electrons. The Labute approximate surface area is 112 Å². The van der Waals surface area contributed by atoms with Gasteiger partial charge in [-0.05, 0) is 24.1 Å². The van der Waals surface area contributed by atoms with E-state index in [1.807, 2.05) is 60.7 Å². The van der Waals surface area contributed by atoms with Crippen LogP contribution in [0.2, 0.25) is 0 Å². The Morgan fingerprint density at radius 3 is 2.84 bits per heavy atom. The van der Waals surface area contributed by atoms with Gasteiger partial charge in [0.25, 0.3) is 0 Å². The topological polar surface area (TPSA) is 41.1 Å². The van der Waals surface area contributed by atoms with E-state index in [0.717, 1.165) is 17.7 Å². The van der Waals surface area contributed by atoms with Crippen LogP contribution in [0.5, 0.6) is 0 Å². The summed E-state index contributed by atoms with van der Waals surface area (Å²) >= 11 is 0. The van der Waals surface area contributed by atoms with Crippen LogP contribution in [-0.2, 0) is 4.79 Å². The molecular weight excluding hydrogens is 236 g/mol. The number of fused-ring (bicyclic) bond motifs is 1. The van der Waals surface area contributed by atoms with Gasteiger partial charge in [0.05, 0.1) is 5.92 Å². The molecule has 1 heterocycles. The maximum absolute atomic E-state index is 12.0. The lowest BCUT2D eigenvalue weighted by Crippen LogP contribution is -2.53. The van der Waals surface area contributed by atoms with Crippen molar-refractivity contribution < 1.29 is 4.79 Å². The van der Waals surface area contributed by atoms with Gasteiger partial charge in [-0.25, -0.2) is 0 Å². The second kappa shape index (κ2) is 5.14. The monoisotopic (exact) mass is 252 g/mol. The molecule has 3 nitrogen and oxygen atoms in total. The zero-order valence-electron chi connectivity index (χ0n) is 10.5. The first kappa shape index (κ1) is 11.8. The molecule has 0 spiro atoms. The molecule has 1 aromatic carbocycles. The fourth-order valence-corrected chi connectivity index (χ4v) is 2.36. The normalized spacial score (nSPS) is 25.5. The lowest BCUT2D eigenvalue weighted by atomic mass is 9.93. The van der Waals surface area contributed by atoms with E-state index in [-0.39, 0.29) is 18.0 Å². The van der Waals surface area contributed by atoms with Gasteiger partial charge in [-0.1, -0.05) is 48.6 Å². The van der Waals surface area contributed by atoms with E-state index in [9.17, 15) is 4.79 Å². The van der Waals surface area contributed by atoms with Gasteiger partial charge in [-0.15, -0.1) is 0 Å². The minimum atomic E-state index is -0.137. The highest BCUT2D eigenvalue weighted by molar-refractivity contribution is 5.84. The molecule has 96 valence electrons. The number of hydrogen-bond donors (Lipinski definition) is 2. The lowest BCUT2D eigenvalue weighted by Gasteiger charge is -2.32. The third-order valence-electron chi connectivity index (χ3n) is 3.38. The van der Waals surface area contributed by atoms with Crippen molar-refractivity contribution in [2.45, 2.75) is 12.6 Å². The van der Waals surface area contributed by atoms with E-state index in [0.29, 0.717) is 0 Å². The van der Waals surface area contributed by atoms with Crippen molar-refractivity contribution in [1.29, 1.82) is 0 Å². The number of benzene rings is 1. The molecule has 2 atom stereocenters. The fraction of sp³-hybridized carbons (Fsp3) is 0.188. The predicted octanol–water partition coefficient (Wildman–Crippen LogP) is 2.21. The average Bonchev–Trinajstić information content (AvgIpc) is 2.46. The first-order valence-electron chi connectivity index (χ1n) is 6.50. The molecule has 0 bridgehead atoms. The minimum Gasteiger partial charge on any atom is -0.365 e. The van der Waals surface area contributed by atoms with E-state index >= 15 is 0 Å². The number of amides is 1. The highest BCUT2D eigenvalue weighted by Gasteiger charge is 2.30. The highest BCUT2D eigenvalue weighted by Crippen LogP contribution is 2.22. The smallest absolute Gasteiger partial charge is 0.231 e. The van der Waals surface area contributed by atoms with E-state index < -0.39 is 0 Å². The summed E-state index contributed by atoms with van der Waals surface area (Å²) in [5.74, 6) is 0.0448. The Morgan fingerprint density at radius 2 is 2.00 bits per heavy atom. The maximum Gasteiger partial charge on any atom is 0.231 e. The molecule has 0 saturated carbocycles. The van der Waals surface area contributed by atoms with E-state index in [4.69, 9.17) is 0 Å². The molecule has 1 aliphatic heterocycles. The second-order valence-corrected chi connectivity index (χ2v) is 4.74. The standard InChI is InChI=1S/C16H16N2O/c19-16-13-8-4-5-9-14(13)17-15(18-16)11-10-12-6-2-1-3-7-12/h1-7,9-11,13,15,17H,8H2,(H,18,19). The summed E-state index contributed by atoms with van der Waals surface area (Å²) in [7, 11) is 0. The predicted molar refractivity (Wildman–Crippen MR) is 75.9 cm³/mol. The molecule has 1 saturated heterocycles. The van der Waals surface area contributed by atoms with Crippen LogP contribution in [0.25, 0.3) is 6.08 Å². The van der Waals surface area contributed by atoms with Crippen LogP contribution in [0, 0.1) is 5.92 Å². The van der Waals surface area contributed by atoms with Gasteiger partial charge >= 0.3 is 0 Å². The zero-order chi connectivity index (χ0) is 13.1. The SMILES string of the molecule is O=C1NC(C=Cc2ccccc2)NC2=CC=CCC12. The van der Waals surface area contributed by atoms with Crippen LogP contribution in [0.3, 0.4) is 0 Å².